The maximum Gasteiger partial charge on any atom is 0.187 e. The van der Waals surface area contributed by atoms with E-state index in [1.165, 1.54) is 0 Å². The number of hydrogen-bond acceptors (Lipinski definition) is 25. The van der Waals surface area contributed by atoms with Crippen LogP contribution < -0.4 is 0 Å². The van der Waals surface area contributed by atoms with E-state index >= 15 is 0 Å². The molecule has 15 N–H and O–H groups in total. The van der Waals surface area contributed by atoms with Crippen molar-refractivity contribution in [2.45, 2.75) is 241 Å². The standard InChI is InChI=1S/C18H34O9.C16H30O11.C10H20O5/c1-8-12(21)13(22)10(6-19)24-16(8)26-15-9(2)17(27-18(3,4)5)25-11(7-20)14(15)23;1-16(2,3)27-15-12(23)13(9(20)7(5-18)25-15)26-14-11(22)10(21)8(19)6(4-17)24-14;1-5-6(11)7(12)8(13)9(14-5)15-10(2,3)4/h8-17,19-23H,6-7H2,1-5H3;6-15,17-23H,4-5H2,1-3H3;5-9,11-13H,1-4H3/t8?,9?,10?,11?,12-,13+,14+,15-,16+,17?;6?,7?,8-,9-,10-,11?,12?,13-,14+,15-;5-,6-,7?,8+,9?/m100/s1. The topological polar surface area (TPSA) is 396 Å². The summed E-state index contributed by atoms with van der Waals surface area (Å²) in [4.78, 5) is 0. The first-order chi connectivity index (χ1) is 31.7. The third-order valence-electron chi connectivity index (χ3n) is 11.8. The normalized spacial score (nSPS) is 45.7. The lowest BCUT2D eigenvalue weighted by Gasteiger charge is -2.48. The maximum absolute atomic E-state index is 10.6. The minimum Gasteiger partial charge on any atom is -0.394 e. The van der Waals surface area contributed by atoms with Crippen LogP contribution in [0.4, 0.5) is 0 Å². The molecule has 5 aliphatic heterocycles. The Morgan fingerprint density at radius 2 is 0.652 bits per heavy atom. The monoisotopic (exact) mass is 1010 g/mol. The summed E-state index contributed by atoms with van der Waals surface area (Å²) in [6.07, 6.45) is -27.5. The summed E-state index contributed by atoms with van der Waals surface area (Å²) >= 11 is 0. The number of aliphatic hydroxyl groups excluding tert-OH is 15. The van der Waals surface area contributed by atoms with Crippen LogP contribution in [0.15, 0.2) is 0 Å². The Kier molecular flexibility index (Phi) is 23.5. The van der Waals surface area contributed by atoms with Gasteiger partial charge in [-0.15, -0.1) is 0 Å². The average Bonchev–Trinajstić information content (AvgIpc) is 3.25. The Hall–Kier alpha value is -1.00. The Balaban J connectivity index is 0.000000286. The quantitative estimate of drug-likeness (QED) is 0.0922. The highest BCUT2D eigenvalue weighted by atomic mass is 16.8. The summed E-state index contributed by atoms with van der Waals surface area (Å²) in [5.74, 6) is -1.01. The predicted octanol–water partition coefficient (Wildman–Crippen LogP) is -4.97. The molecular weight excluding hydrogens is 928 g/mol. The van der Waals surface area contributed by atoms with E-state index in [2.05, 4.69) is 0 Å². The number of rotatable bonds is 11. The van der Waals surface area contributed by atoms with Gasteiger partial charge in [0.2, 0.25) is 0 Å². The van der Waals surface area contributed by atoms with E-state index in [0.717, 1.165) is 0 Å². The van der Waals surface area contributed by atoms with Crippen LogP contribution >= 0.6 is 0 Å². The summed E-state index contributed by atoms with van der Waals surface area (Å²) in [6.45, 7) is 19.2. The first kappa shape index (κ1) is 62.3. The van der Waals surface area contributed by atoms with Gasteiger partial charge in [0.25, 0.3) is 0 Å². The van der Waals surface area contributed by atoms with E-state index in [1.54, 1.807) is 41.5 Å². The second kappa shape index (κ2) is 26.0. The predicted molar refractivity (Wildman–Crippen MR) is 234 cm³/mol. The van der Waals surface area contributed by atoms with Crippen molar-refractivity contribution in [3.05, 3.63) is 0 Å². The Bertz CT molecular complexity index is 1390. The number of hydrogen-bond donors (Lipinski definition) is 15. The van der Waals surface area contributed by atoms with Gasteiger partial charge in [0.1, 0.15) is 91.6 Å². The fourth-order valence-corrected chi connectivity index (χ4v) is 7.88. The summed E-state index contributed by atoms with van der Waals surface area (Å²) in [7, 11) is 0. The molecule has 5 saturated heterocycles. The van der Waals surface area contributed by atoms with E-state index in [-0.39, 0.29) is 0 Å². The average molecular weight is 1010 g/mol. The van der Waals surface area contributed by atoms with Gasteiger partial charge in [0, 0.05) is 11.8 Å². The lowest BCUT2D eigenvalue weighted by molar-refractivity contribution is -0.367. The van der Waals surface area contributed by atoms with Crippen LogP contribution in [0.3, 0.4) is 0 Å². The van der Waals surface area contributed by atoms with Gasteiger partial charge >= 0.3 is 0 Å². The lowest BCUT2D eigenvalue weighted by atomic mass is 9.90. The molecule has 0 aromatic heterocycles. The van der Waals surface area contributed by atoms with Gasteiger partial charge in [-0.25, -0.2) is 0 Å². The zero-order valence-corrected chi connectivity index (χ0v) is 41.6. The van der Waals surface area contributed by atoms with Crippen molar-refractivity contribution < 1.29 is 124 Å². The third kappa shape index (κ3) is 16.8. The molecule has 5 heterocycles. The molecule has 0 bridgehead atoms. The summed E-state index contributed by atoms with van der Waals surface area (Å²) in [5, 5.41) is 148. The van der Waals surface area contributed by atoms with Crippen molar-refractivity contribution in [2.75, 3.05) is 26.4 Å². The van der Waals surface area contributed by atoms with E-state index in [4.69, 9.17) is 47.4 Å². The minimum atomic E-state index is -1.71. The van der Waals surface area contributed by atoms with Crippen LogP contribution in [-0.2, 0) is 47.4 Å². The van der Waals surface area contributed by atoms with Gasteiger partial charge in [-0.1, -0.05) is 13.8 Å². The zero-order valence-electron chi connectivity index (χ0n) is 41.6. The molecule has 25 heteroatoms. The van der Waals surface area contributed by atoms with Crippen molar-refractivity contribution in [2.24, 2.45) is 11.8 Å². The molecular formula is C44H84O25. The highest BCUT2D eigenvalue weighted by Gasteiger charge is 2.53. The molecule has 0 spiro atoms. The smallest absolute Gasteiger partial charge is 0.187 e. The lowest BCUT2D eigenvalue weighted by Crippen LogP contribution is -2.65. The third-order valence-corrected chi connectivity index (χ3v) is 11.8. The van der Waals surface area contributed by atoms with Crippen LogP contribution in [0, 0.1) is 11.8 Å². The first-order valence-electron chi connectivity index (χ1n) is 23.3. The summed E-state index contributed by atoms with van der Waals surface area (Å²) in [5.41, 5.74) is -1.71. The number of ether oxygens (including phenoxy) is 10. The van der Waals surface area contributed by atoms with Crippen LogP contribution in [0.2, 0.25) is 0 Å². The van der Waals surface area contributed by atoms with Gasteiger partial charge in [-0.2, -0.15) is 0 Å². The molecule has 0 amide bonds. The van der Waals surface area contributed by atoms with Gasteiger partial charge in [-0.3, -0.25) is 0 Å². The second-order valence-electron chi connectivity index (χ2n) is 21.1. The van der Waals surface area contributed by atoms with Crippen molar-refractivity contribution in [1.82, 2.24) is 0 Å². The van der Waals surface area contributed by atoms with E-state index in [0.29, 0.717) is 0 Å². The number of aliphatic hydroxyl groups is 15. The molecule has 0 aromatic rings. The zero-order chi connectivity index (χ0) is 52.8. The molecule has 0 aromatic carbocycles. The van der Waals surface area contributed by atoms with Crippen molar-refractivity contribution in [3.63, 3.8) is 0 Å². The highest BCUT2D eigenvalue weighted by Crippen LogP contribution is 2.36. The highest BCUT2D eigenvalue weighted by molar-refractivity contribution is 4.96. The molecule has 5 fully saturated rings. The van der Waals surface area contributed by atoms with Crippen molar-refractivity contribution in [3.8, 4) is 0 Å². The molecule has 5 rings (SSSR count). The van der Waals surface area contributed by atoms with Crippen LogP contribution in [0.25, 0.3) is 0 Å². The van der Waals surface area contributed by atoms with E-state index in [9.17, 15) is 76.6 Å². The molecule has 0 saturated carbocycles. The Morgan fingerprint density at radius 3 is 1.12 bits per heavy atom. The van der Waals surface area contributed by atoms with Gasteiger partial charge in [0.05, 0.1) is 61.5 Å². The van der Waals surface area contributed by atoms with Gasteiger partial charge in [-0.05, 0) is 69.2 Å². The fourth-order valence-electron chi connectivity index (χ4n) is 7.88. The summed E-state index contributed by atoms with van der Waals surface area (Å²) < 4.78 is 55.6. The molecule has 0 radical (unpaired) electrons. The molecule has 410 valence electrons. The van der Waals surface area contributed by atoms with Crippen molar-refractivity contribution in [1.29, 1.82) is 0 Å². The minimum absolute atomic E-state index is 0.408. The fraction of sp³-hybridized carbons (Fsp3) is 1.00. The first-order valence-corrected chi connectivity index (χ1v) is 23.3. The van der Waals surface area contributed by atoms with Gasteiger partial charge < -0.3 is 124 Å². The molecule has 69 heavy (non-hydrogen) atoms. The van der Waals surface area contributed by atoms with Crippen LogP contribution in [0.5, 0.6) is 0 Å². The molecule has 11 unspecified atom stereocenters. The van der Waals surface area contributed by atoms with Gasteiger partial charge in [0.15, 0.2) is 31.5 Å². The molecule has 5 aliphatic rings. The van der Waals surface area contributed by atoms with Crippen molar-refractivity contribution >= 4 is 0 Å². The van der Waals surface area contributed by atoms with E-state index in [1.807, 2.05) is 41.5 Å². The Morgan fingerprint density at radius 1 is 0.319 bits per heavy atom. The van der Waals surface area contributed by atoms with Crippen LogP contribution in [0.1, 0.15) is 83.1 Å². The molecule has 25 nitrogen and oxygen atoms in total. The summed E-state index contributed by atoms with van der Waals surface area (Å²) in [6, 6.07) is 0. The SMILES string of the molecule is CC(C)(C)O[C@@H]1OC(CO)[C@H](O)[C@H](O[C@H]2OC(CO)[C@H](O)[C@H](O)C2O)C1O.CC1[C@H](O[C@@H]2C(C)C(OC(C)(C)C)OC(CO)[C@@H]2O)OC(CO)[C@H](O)[C@@H]1O.C[C@@H]1OC(OC(C)(C)C)[C@H](O)C(O)[C@H]1O. The maximum atomic E-state index is 10.6. The van der Waals surface area contributed by atoms with Crippen LogP contribution in [-0.4, -0.2) is 261 Å². The largest absolute Gasteiger partial charge is 0.394 e. The second-order valence-corrected chi connectivity index (χ2v) is 21.1. The Labute approximate surface area is 402 Å². The molecule has 25 atom stereocenters. The van der Waals surface area contributed by atoms with E-state index < -0.39 is 196 Å². The molecule has 0 aliphatic carbocycles.